The van der Waals surface area contributed by atoms with E-state index in [9.17, 15) is 0 Å². The summed E-state index contributed by atoms with van der Waals surface area (Å²) in [4.78, 5) is 0. The maximum absolute atomic E-state index is 3.96. The first-order valence-corrected chi connectivity index (χ1v) is 5.67. The van der Waals surface area contributed by atoms with Gasteiger partial charge in [-0.15, -0.1) is 0 Å². The van der Waals surface area contributed by atoms with Crippen LogP contribution in [0.15, 0.2) is 12.4 Å². The van der Waals surface area contributed by atoms with Crippen molar-refractivity contribution in [1.82, 2.24) is 10.2 Å². The molecule has 14 heavy (non-hydrogen) atoms. The number of hydrogen-bond acceptors (Lipinski definition) is 2. The van der Waals surface area contributed by atoms with Crippen molar-refractivity contribution in [2.24, 2.45) is 11.8 Å². The van der Waals surface area contributed by atoms with E-state index < -0.39 is 0 Å². The van der Waals surface area contributed by atoms with Crippen LogP contribution in [0.3, 0.4) is 0 Å². The van der Waals surface area contributed by atoms with Gasteiger partial charge in [-0.05, 0) is 31.1 Å². The highest BCUT2D eigenvalue weighted by atomic mass is 15.1. The summed E-state index contributed by atoms with van der Waals surface area (Å²) >= 11 is 0. The molecule has 3 nitrogen and oxygen atoms in total. The highest BCUT2D eigenvalue weighted by Gasteiger charge is 2.35. The standard InChI is InChI=1S/C11H17N3/c1-3-9-4-2-8(1)5-11(9)14-10-6-12-13-7-10/h6-9,11,14H,1-5H2,(H,12,13). The Bertz CT molecular complexity index is 285. The molecule has 0 aromatic carbocycles. The summed E-state index contributed by atoms with van der Waals surface area (Å²) in [6, 6.07) is 0.708. The topological polar surface area (TPSA) is 40.7 Å². The van der Waals surface area contributed by atoms with Crippen LogP contribution < -0.4 is 5.32 Å². The average molecular weight is 191 g/mol. The minimum absolute atomic E-state index is 0.708. The summed E-state index contributed by atoms with van der Waals surface area (Å²) in [5.41, 5.74) is 1.16. The van der Waals surface area contributed by atoms with Crippen LogP contribution in [0, 0.1) is 11.8 Å². The van der Waals surface area contributed by atoms with Crippen LogP contribution in [0.1, 0.15) is 32.1 Å². The summed E-state index contributed by atoms with van der Waals surface area (Å²) in [5, 5.41) is 10.4. The van der Waals surface area contributed by atoms with Crippen LogP contribution in [0.4, 0.5) is 5.69 Å². The van der Waals surface area contributed by atoms with E-state index in [1.165, 1.54) is 32.1 Å². The van der Waals surface area contributed by atoms with E-state index in [2.05, 4.69) is 15.5 Å². The van der Waals surface area contributed by atoms with Gasteiger partial charge >= 0.3 is 0 Å². The lowest BCUT2D eigenvalue weighted by Gasteiger charge is -2.42. The maximum Gasteiger partial charge on any atom is 0.0726 e. The van der Waals surface area contributed by atoms with Gasteiger partial charge < -0.3 is 5.32 Å². The normalized spacial score (nSPS) is 35.9. The van der Waals surface area contributed by atoms with Gasteiger partial charge in [0.05, 0.1) is 11.9 Å². The van der Waals surface area contributed by atoms with Crippen molar-refractivity contribution in [2.45, 2.75) is 38.1 Å². The summed E-state index contributed by atoms with van der Waals surface area (Å²) in [5.74, 6) is 1.90. The van der Waals surface area contributed by atoms with Crippen LogP contribution in [-0.2, 0) is 0 Å². The molecule has 0 spiro atoms. The predicted molar refractivity (Wildman–Crippen MR) is 56.1 cm³/mol. The van der Waals surface area contributed by atoms with Crippen LogP contribution in [0.2, 0.25) is 0 Å². The quantitative estimate of drug-likeness (QED) is 0.753. The Labute approximate surface area is 84.3 Å². The highest BCUT2D eigenvalue weighted by Crippen LogP contribution is 2.42. The number of aromatic nitrogens is 2. The van der Waals surface area contributed by atoms with Gasteiger partial charge in [0.2, 0.25) is 0 Å². The Morgan fingerprint density at radius 2 is 2.14 bits per heavy atom. The molecule has 1 aromatic rings. The fourth-order valence-electron chi connectivity index (χ4n) is 3.10. The molecule has 3 fully saturated rings. The van der Waals surface area contributed by atoms with Gasteiger partial charge in [-0.2, -0.15) is 5.10 Å². The van der Waals surface area contributed by atoms with E-state index in [1.807, 2.05) is 12.4 Å². The minimum atomic E-state index is 0.708. The molecule has 0 amide bonds. The molecule has 1 heterocycles. The monoisotopic (exact) mass is 191 g/mol. The molecule has 3 saturated carbocycles. The second-order valence-corrected chi connectivity index (χ2v) is 4.75. The van der Waals surface area contributed by atoms with E-state index in [0.717, 1.165) is 17.5 Å². The molecular weight excluding hydrogens is 174 g/mol. The second kappa shape index (κ2) is 3.30. The first-order chi connectivity index (χ1) is 6.92. The number of nitrogens with zero attached hydrogens (tertiary/aromatic N) is 1. The molecule has 3 aliphatic rings. The van der Waals surface area contributed by atoms with Crippen molar-refractivity contribution in [3.63, 3.8) is 0 Å². The molecule has 3 aliphatic carbocycles. The Morgan fingerprint density at radius 1 is 1.29 bits per heavy atom. The van der Waals surface area contributed by atoms with Gasteiger partial charge in [-0.25, -0.2) is 0 Å². The van der Waals surface area contributed by atoms with Gasteiger partial charge in [-0.3, -0.25) is 5.10 Å². The molecule has 1 atom stereocenters. The third kappa shape index (κ3) is 1.41. The predicted octanol–water partition coefficient (Wildman–Crippen LogP) is 2.40. The third-order valence-corrected chi connectivity index (χ3v) is 3.90. The lowest BCUT2D eigenvalue weighted by molar-refractivity contribution is 0.157. The largest absolute Gasteiger partial charge is 0.379 e. The smallest absolute Gasteiger partial charge is 0.0726 e. The highest BCUT2D eigenvalue weighted by molar-refractivity contribution is 5.39. The lowest BCUT2D eigenvalue weighted by atomic mass is 9.68. The zero-order chi connectivity index (χ0) is 9.38. The van der Waals surface area contributed by atoms with Gasteiger partial charge in [0.25, 0.3) is 0 Å². The van der Waals surface area contributed by atoms with E-state index in [-0.39, 0.29) is 0 Å². The summed E-state index contributed by atoms with van der Waals surface area (Å²) < 4.78 is 0. The fraction of sp³-hybridized carbons (Fsp3) is 0.727. The zero-order valence-electron chi connectivity index (χ0n) is 8.37. The molecular formula is C11H17N3. The Balaban J connectivity index is 1.68. The average Bonchev–Trinajstić information content (AvgIpc) is 2.72. The molecule has 0 radical (unpaired) electrons. The first-order valence-electron chi connectivity index (χ1n) is 5.67. The van der Waals surface area contributed by atoms with Crippen LogP contribution in [0.25, 0.3) is 0 Å². The van der Waals surface area contributed by atoms with E-state index in [4.69, 9.17) is 0 Å². The molecule has 2 bridgehead atoms. The fourth-order valence-corrected chi connectivity index (χ4v) is 3.10. The molecule has 1 unspecified atom stereocenters. The van der Waals surface area contributed by atoms with Crippen molar-refractivity contribution in [2.75, 3.05) is 5.32 Å². The van der Waals surface area contributed by atoms with E-state index in [0.29, 0.717) is 6.04 Å². The molecule has 0 saturated heterocycles. The molecule has 2 N–H and O–H groups in total. The van der Waals surface area contributed by atoms with Crippen molar-refractivity contribution in [3.8, 4) is 0 Å². The number of anilines is 1. The first kappa shape index (κ1) is 8.33. The number of hydrogen-bond donors (Lipinski definition) is 2. The SMILES string of the molecule is c1n[nH]cc1NC1CC2CCC1CC2. The van der Waals surface area contributed by atoms with Gasteiger partial charge in [-0.1, -0.05) is 12.8 Å². The molecule has 4 rings (SSSR count). The number of nitrogens with one attached hydrogen (secondary N) is 2. The third-order valence-electron chi connectivity index (χ3n) is 3.90. The Morgan fingerprint density at radius 3 is 2.71 bits per heavy atom. The van der Waals surface area contributed by atoms with Crippen molar-refractivity contribution >= 4 is 5.69 Å². The second-order valence-electron chi connectivity index (χ2n) is 4.75. The van der Waals surface area contributed by atoms with Crippen molar-refractivity contribution in [3.05, 3.63) is 12.4 Å². The van der Waals surface area contributed by atoms with Crippen molar-refractivity contribution < 1.29 is 0 Å². The lowest BCUT2D eigenvalue weighted by Crippen LogP contribution is -2.40. The number of fused-ring (bicyclic) bond motifs is 3. The molecule has 1 aromatic heterocycles. The molecule has 0 aliphatic heterocycles. The Kier molecular flexibility index (Phi) is 1.96. The molecule has 76 valence electrons. The van der Waals surface area contributed by atoms with E-state index >= 15 is 0 Å². The van der Waals surface area contributed by atoms with Gasteiger partial charge in [0.1, 0.15) is 0 Å². The van der Waals surface area contributed by atoms with Crippen LogP contribution in [-0.4, -0.2) is 16.2 Å². The summed E-state index contributed by atoms with van der Waals surface area (Å²) in [6.07, 6.45) is 11.0. The maximum atomic E-state index is 3.96. The van der Waals surface area contributed by atoms with Gasteiger partial charge in [0.15, 0.2) is 0 Å². The number of H-pyrrole nitrogens is 1. The minimum Gasteiger partial charge on any atom is -0.379 e. The number of rotatable bonds is 2. The van der Waals surface area contributed by atoms with Crippen LogP contribution in [0.5, 0.6) is 0 Å². The van der Waals surface area contributed by atoms with Crippen LogP contribution >= 0.6 is 0 Å². The Hall–Kier alpha value is -0.990. The van der Waals surface area contributed by atoms with Gasteiger partial charge in [0, 0.05) is 12.2 Å². The van der Waals surface area contributed by atoms with Crippen molar-refractivity contribution in [1.29, 1.82) is 0 Å². The zero-order valence-corrected chi connectivity index (χ0v) is 8.37. The summed E-state index contributed by atoms with van der Waals surface area (Å²) in [7, 11) is 0. The number of aromatic amines is 1. The van der Waals surface area contributed by atoms with E-state index in [1.54, 1.807) is 0 Å². The summed E-state index contributed by atoms with van der Waals surface area (Å²) in [6.45, 7) is 0. The molecule has 3 heteroatoms.